The van der Waals surface area contributed by atoms with E-state index in [9.17, 15) is 4.79 Å². The van der Waals surface area contributed by atoms with Crippen LogP contribution in [0.15, 0.2) is 22.7 Å². The first-order valence-corrected chi connectivity index (χ1v) is 4.75. The highest BCUT2D eigenvalue weighted by Gasteiger charge is 2.16. The Bertz CT molecular complexity index is 519. The van der Waals surface area contributed by atoms with Crippen molar-refractivity contribution in [1.29, 1.82) is 0 Å². The van der Waals surface area contributed by atoms with E-state index in [4.69, 9.17) is 5.11 Å². The van der Waals surface area contributed by atoms with Crippen LogP contribution in [0.4, 0.5) is 0 Å². The number of carbonyl (C=O) groups is 1. The minimum atomic E-state index is -0.965. The quantitative estimate of drug-likeness (QED) is 0.848. The van der Waals surface area contributed by atoms with Crippen LogP contribution in [0.2, 0.25) is 0 Å². The average molecular weight is 255 g/mol. The monoisotopic (exact) mass is 254 g/mol. The summed E-state index contributed by atoms with van der Waals surface area (Å²) < 4.78 is 2.18. The highest BCUT2D eigenvalue weighted by atomic mass is 79.9. The van der Waals surface area contributed by atoms with Gasteiger partial charge in [0.15, 0.2) is 5.69 Å². The molecule has 4 nitrogen and oxygen atoms in total. The van der Waals surface area contributed by atoms with Gasteiger partial charge in [0.1, 0.15) is 5.52 Å². The number of rotatable bonds is 1. The normalized spacial score (nSPS) is 10.7. The number of aromatic nitrogens is 2. The van der Waals surface area contributed by atoms with Crippen molar-refractivity contribution in [1.82, 2.24) is 9.78 Å². The fraction of sp³-hybridized carbons (Fsp3) is 0.111. The summed E-state index contributed by atoms with van der Waals surface area (Å²) in [5.41, 5.74) is 0.883. The Morgan fingerprint density at radius 3 is 2.93 bits per heavy atom. The Morgan fingerprint density at radius 1 is 1.57 bits per heavy atom. The van der Waals surface area contributed by atoms with E-state index in [-0.39, 0.29) is 5.69 Å². The van der Waals surface area contributed by atoms with E-state index in [1.807, 2.05) is 6.07 Å². The molecule has 0 aliphatic carbocycles. The maximum Gasteiger partial charge on any atom is 0.354 e. The molecule has 0 saturated heterocycles. The molecule has 0 bridgehead atoms. The van der Waals surface area contributed by atoms with Crippen molar-refractivity contribution in [3.05, 3.63) is 28.4 Å². The summed E-state index contributed by atoms with van der Waals surface area (Å²) in [6, 6.07) is 5.37. The third kappa shape index (κ3) is 1.21. The van der Waals surface area contributed by atoms with Gasteiger partial charge in [0.25, 0.3) is 0 Å². The zero-order chi connectivity index (χ0) is 10.3. The van der Waals surface area contributed by atoms with Gasteiger partial charge in [-0.15, -0.1) is 0 Å². The van der Waals surface area contributed by atoms with E-state index < -0.39 is 5.97 Å². The molecule has 2 rings (SSSR count). The van der Waals surface area contributed by atoms with Gasteiger partial charge in [0.05, 0.1) is 0 Å². The summed E-state index contributed by atoms with van der Waals surface area (Å²) in [6.45, 7) is 0. The summed E-state index contributed by atoms with van der Waals surface area (Å²) in [7, 11) is 1.62. The summed E-state index contributed by atoms with van der Waals surface area (Å²) in [5, 5.41) is 13.7. The topological polar surface area (TPSA) is 55.1 Å². The molecule has 1 N–H and O–H groups in total. The molecule has 1 aromatic carbocycles. The molecule has 72 valence electrons. The average Bonchev–Trinajstić information content (AvgIpc) is 2.42. The lowest BCUT2D eigenvalue weighted by molar-refractivity contribution is 0.0687. The van der Waals surface area contributed by atoms with E-state index in [0.717, 1.165) is 4.47 Å². The largest absolute Gasteiger partial charge is 0.477 e. The zero-order valence-electron chi connectivity index (χ0n) is 7.36. The molecular weight excluding hydrogens is 248 g/mol. The smallest absolute Gasteiger partial charge is 0.354 e. The van der Waals surface area contributed by atoms with Gasteiger partial charge in [0.2, 0.25) is 0 Å². The molecule has 0 radical (unpaired) electrons. The maximum atomic E-state index is 10.9. The fourth-order valence-corrected chi connectivity index (χ4v) is 1.88. The highest BCUT2D eigenvalue weighted by molar-refractivity contribution is 9.10. The van der Waals surface area contributed by atoms with E-state index in [1.54, 1.807) is 19.2 Å². The highest BCUT2D eigenvalue weighted by Crippen LogP contribution is 2.24. The second-order valence-corrected chi connectivity index (χ2v) is 3.77. The third-order valence-corrected chi connectivity index (χ3v) is 2.66. The Morgan fingerprint density at radius 2 is 2.29 bits per heavy atom. The summed E-state index contributed by atoms with van der Waals surface area (Å²) >= 11 is 3.32. The first-order valence-electron chi connectivity index (χ1n) is 3.96. The van der Waals surface area contributed by atoms with Crippen molar-refractivity contribution in [2.75, 3.05) is 0 Å². The number of aromatic carboxylic acids is 1. The Labute approximate surface area is 88.3 Å². The van der Waals surface area contributed by atoms with Crippen molar-refractivity contribution < 1.29 is 9.90 Å². The van der Waals surface area contributed by atoms with Gasteiger partial charge < -0.3 is 5.11 Å². The fourth-order valence-electron chi connectivity index (χ4n) is 1.44. The number of fused-ring (bicyclic) bond motifs is 1. The van der Waals surface area contributed by atoms with E-state index >= 15 is 0 Å². The lowest BCUT2D eigenvalue weighted by Crippen LogP contribution is -2.05. The molecule has 0 fully saturated rings. The van der Waals surface area contributed by atoms with Crippen LogP contribution in [0, 0.1) is 0 Å². The number of benzene rings is 1. The minimum absolute atomic E-state index is 0.210. The molecule has 1 aromatic heterocycles. The molecule has 0 aliphatic rings. The van der Waals surface area contributed by atoms with E-state index in [1.165, 1.54) is 4.68 Å². The zero-order valence-corrected chi connectivity index (χ0v) is 8.95. The molecular formula is C9H7BrN2O2. The standard InChI is InChI=1S/C9H7BrN2O2/c1-12-8(9(13)14)5-3-2-4-6(10)7(5)11-12/h2-4H,1H3,(H,13,14). The van der Waals surface area contributed by atoms with Gasteiger partial charge in [-0.05, 0) is 22.0 Å². The number of carboxylic acids is 1. The molecule has 0 unspecified atom stereocenters. The van der Waals surface area contributed by atoms with Crippen molar-refractivity contribution in [3.63, 3.8) is 0 Å². The molecule has 5 heteroatoms. The van der Waals surface area contributed by atoms with Crippen LogP contribution >= 0.6 is 15.9 Å². The molecule has 0 saturated carbocycles. The molecule has 2 aromatic rings. The first-order chi connectivity index (χ1) is 6.61. The molecule has 1 heterocycles. The van der Waals surface area contributed by atoms with Crippen LogP contribution in [0.1, 0.15) is 10.5 Å². The predicted octanol–water partition coefficient (Wildman–Crippen LogP) is 2.03. The second kappa shape index (κ2) is 3.09. The van der Waals surface area contributed by atoms with Crippen LogP contribution < -0.4 is 0 Å². The Hall–Kier alpha value is -1.36. The van der Waals surface area contributed by atoms with Crippen LogP contribution in [-0.4, -0.2) is 20.9 Å². The van der Waals surface area contributed by atoms with Crippen LogP contribution in [0.3, 0.4) is 0 Å². The van der Waals surface area contributed by atoms with Gasteiger partial charge in [-0.3, -0.25) is 4.68 Å². The Kier molecular flexibility index (Phi) is 2.03. The van der Waals surface area contributed by atoms with Gasteiger partial charge in [-0.2, -0.15) is 5.10 Å². The predicted molar refractivity (Wildman–Crippen MR) is 55.4 cm³/mol. The van der Waals surface area contributed by atoms with Gasteiger partial charge >= 0.3 is 5.97 Å². The number of hydrogen-bond donors (Lipinski definition) is 1. The maximum absolute atomic E-state index is 10.9. The van der Waals surface area contributed by atoms with Gasteiger partial charge in [-0.25, -0.2) is 4.79 Å². The number of hydrogen-bond acceptors (Lipinski definition) is 2. The minimum Gasteiger partial charge on any atom is -0.477 e. The molecule has 0 amide bonds. The van der Waals surface area contributed by atoms with E-state index in [2.05, 4.69) is 21.0 Å². The summed E-state index contributed by atoms with van der Waals surface area (Å²) in [5.74, 6) is -0.965. The van der Waals surface area contributed by atoms with Crippen LogP contribution in [0.5, 0.6) is 0 Å². The number of carboxylic acid groups (broad SMARTS) is 1. The molecule has 0 aliphatic heterocycles. The second-order valence-electron chi connectivity index (χ2n) is 2.91. The number of halogens is 1. The summed E-state index contributed by atoms with van der Waals surface area (Å²) in [6.07, 6.45) is 0. The summed E-state index contributed by atoms with van der Waals surface area (Å²) in [4.78, 5) is 10.9. The van der Waals surface area contributed by atoms with Crippen LogP contribution in [-0.2, 0) is 7.05 Å². The van der Waals surface area contributed by atoms with Gasteiger partial charge in [-0.1, -0.05) is 12.1 Å². The van der Waals surface area contributed by atoms with Crippen molar-refractivity contribution in [2.45, 2.75) is 0 Å². The van der Waals surface area contributed by atoms with Crippen molar-refractivity contribution in [2.24, 2.45) is 7.05 Å². The van der Waals surface area contributed by atoms with Crippen molar-refractivity contribution in [3.8, 4) is 0 Å². The third-order valence-electron chi connectivity index (χ3n) is 2.02. The lowest BCUT2D eigenvalue weighted by Gasteiger charge is -1.93. The number of nitrogens with zero attached hydrogens (tertiary/aromatic N) is 2. The molecule has 0 atom stereocenters. The van der Waals surface area contributed by atoms with E-state index in [0.29, 0.717) is 10.9 Å². The number of aryl methyl sites for hydroxylation is 1. The van der Waals surface area contributed by atoms with Gasteiger partial charge in [0, 0.05) is 16.9 Å². The Balaban J connectivity index is 2.90. The lowest BCUT2D eigenvalue weighted by atomic mass is 10.2. The molecule has 0 spiro atoms. The SMILES string of the molecule is Cn1nc2c(Br)cccc2c1C(=O)O. The first kappa shape index (κ1) is 9.21. The van der Waals surface area contributed by atoms with Crippen LogP contribution in [0.25, 0.3) is 10.9 Å². The molecule has 14 heavy (non-hydrogen) atoms. The van der Waals surface area contributed by atoms with Crippen molar-refractivity contribution >= 4 is 32.8 Å².